The van der Waals surface area contributed by atoms with Gasteiger partial charge in [-0.25, -0.2) is 0 Å². The molecule has 0 aliphatic carbocycles. The maximum Gasteiger partial charge on any atom is 0.253 e. The van der Waals surface area contributed by atoms with Gasteiger partial charge < -0.3 is 19.9 Å². The molecule has 2 aromatic carbocycles. The quantitative estimate of drug-likeness (QED) is 0.568. The number of rotatable bonds is 10. The van der Waals surface area contributed by atoms with Crippen molar-refractivity contribution < 1.29 is 14.1 Å². The lowest BCUT2D eigenvalue weighted by molar-refractivity contribution is 0.0762. The van der Waals surface area contributed by atoms with Gasteiger partial charge in [-0.05, 0) is 36.2 Å². The zero-order valence-electron chi connectivity index (χ0n) is 16.6. The summed E-state index contributed by atoms with van der Waals surface area (Å²) in [5.41, 5.74) is 7.51. The molecule has 3 rings (SSSR count). The largest absolute Gasteiger partial charge is 0.485 e. The maximum atomic E-state index is 12.9. The molecule has 29 heavy (non-hydrogen) atoms. The van der Waals surface area contributed by atoms with Gasteiger partial charge in [0.2, 0.25) is 11.7 Å². The first-order valence-corrected chi connectivity index (χ1v) is 9.77. The molecule has 3 aromatic rings. The Balaban J connectivity index is 1.57. The number of hydrogen-bond acceptors (Lipinski definition) is 6. The lowest BCUT2D eigenvalue weighted by Crippen LogP contribution is -2.36. The van der Waals surface area contributed by atoms with Crippen LogP contribution in [-0.4, -0.2) is 40.6 Å². The Morgan fingerprint density at radius 3 is 2.52 bits per heavy atom. The Bertz CT molecular complexity index is 894. The molecule has 1 heterocycles. The Labute approximate surface area is 170 Å². The summed E-state index contributed by atoms with van der Waals surface area (Å²) in [6.07, 6.45) is 1.48. The third kappa shape index (κ3) is 5.89. The van der Waals surface area contributed by atoms with Gasteiger partial charge in [0.05, 0.1) is 0 Å². The molecule has 7 nitrogen and oxygen atoms in total. The number of nitrogens with zero attached hydrogens (tertiary/aromatic N) is 3. The van der Waals surface area contributed by atoms with Crippen LogP contribution < -0.4 is 10.5 Å². The van der Waals surface area contributed by atoms with E-state index in [4.69, 9.17) is 15.0 Å². The molecule has 2 N–H and O–H groups in total. The van der Waals surface area contributed by atoms with E-state index in [2.05, 4.69) is 22.3 Å². The number of carbonyl (C=O) groups excluding carboxylic acids is 1. The van der Waals surface area contributed by atoms with Crippen molar-refractivity contribution in [1.82, 2.24) is 15.0 Å². The second-order valence-electron chi connectivity index (χ2n) is 6.59. The second kappa shape index (κ2) is 10.4. The van der Waals surface area contributed by atoms with Crippen LogP contribution in [0.25, 0.3) is 0 Å². The van der Waals surface area contributed by atoms with Crippen LogP contribution in [0.2, 0.25) is 0 Å². The normalized spacial score (nSPS) is 10.7. The van der Waals surface area contributed by atoms with E-state index in [1.807, 2.05) is 25.1 Å². The first-order chi connectivity index (χ1) is 14.2. The maximum absolute atomic E-state index is 12.9. The Morgan fingerprint density at radius 2 is 1.86 bits per heavy atom. The number of amides is 1. The van der Waals surface area contributed by atoms with Crippen molar-refractivity contribution in [3.63, 3.8) is 0 Å². The van der Waals surface area contributed by atoms with E-state index in [0.29, 0.717) is 49.1 Å². The molecular formula is C22H26N4O3. The van der Waals surface area contributed by atoms with Crippen LogP contribution in [0.1, 0.15) is 34.6 Å². The van der Waals surface area contributed by atoms with Gasteiger partial charge in [0.15, 0.2) is 6.61 Å². The minimum absolute atomic E-state index is 0.0383. The van der Waals surface area contributed by atoms with Crippen LogP contribution in [0.3, 0.4) is 0 Å². The van der Waals surface area contributed by atoms with Gasteiger partial charge in [-0.15, -0.1) is 0 Å². The summed E-state index contributed by atoms with van der Waals surface area (Å²) in [5, 5.41) is 3.85. The number of benzene rings is 2. The third-order valence-electron chi connectivity index (χ3n) is 4.48. The Hall–Kier alpha value is -3.19. The van der Waals surface area contributed by atoms with Crippen molar-refractivity contribution in [2.24, 2.45) is 5.73 Å². The third-order valence-corrected chi connectivity index (χ3v) is 4.48. The second-order valence-corrected chi connectivity index (χ2v) is 6.59. The summed E-state index contributed by atoms with van der Waals surface area (Å²) in [6, 6.07) is 17.2. The van der Waals surface area contributed by atoms with E-state index < -0.39 is 0 Å². The van der Waals surface area contributed by atoms with Crippen molar-refractivity contribution >= 4 is 5.91 Å². The number of aryl methyl sites for hydroxylation is 1. The van der Waals surface area contributed by atoms with Gasteiger partial charge >= 0.3 is 0 Å². The van der Waals surface area contributed by atoms with E-state index in [-0.39, 0.29) is 12.5 Å². The van der Waals surface area contributed by atoms with E-state index in [9.17, 15) is 4.79 Å². The highest BCUT2D eigenvalue weighted by molar-refractivity contribution is 5.94. The molecule has 0 bridgehead atoms. The van der Waals surface area contributed by atoms with Gasteiger partial charge in [-0.3, -0.25) is 4.79 Å². The molecule has 0 saturated carbocycles. The molecule has 0 aliphatic heterocycles. The molecule has 0 fully saturated rings. The average molecular weight is 394 g/mol. The predicted molar refractivity (Wildman–Crippen MR) is 110 cm³/mol. The van der Waals surface area contributed by atoms with Crippen LogP contribution >= 0.6 is 0 Å². The van der Waals surface area contributed by atoms with Crippen LogP contribution in [0.4, 0.5) is 0 Å². The van der Waals surface area contributed by atoms with Crippen molar-refractivity contribution in [3.05, 3.63) is 77.4 Å². The topological polar surface area (TPSA) is 94.5 Å². The molecule has 0 radical (unpaired) electrons. The van der Waals surface area contributed by atoms with Crippen LogP contribution in [0, 0.1) is 0 Å². The molecule has 152 valence electrons. The van der Waals surface area contributed by atoms with Crippen molar-refractivity contribution in [1.29, 1.82) is 0 Å². The fraction of sp³-hybridized carbons (Fsp3) is 0.318. The summed E-state index contributed by atoms with van der Waals surface area (Å²) in [6.45, 7) is 3.72. The predicted octanol–water partition coefficient (Wildman–Crippen LogP) is 2.85. The van der Waals surface area contributed by atoms with E-state index in [1.165, 1.54) is 5.56 Å². The standard InChI is InChI=1S/C22H26N4O3/c1-2-21-24-20(25-29-21)16-28-19-10-8-18(9-11-19)22(27)26(15-13-23)14-12-17-6-4-3-5-7-17/h3-11H,2,12-16,23H2,1H3. The highest BCUT2D eigenvalue weighted by atomic mass is 16.5. The Morgan fingerprint density at radius 1 is 1.10 bits per heavy atom. The monoisotopic (exact) mass is 394 g/mol. The summed E-state index contributed by atoms with van der Waals surface area (Å²) in [4.78, 5) is 18.9. The van der Waals surface area contributed by atoms with Crippen molar-refractivity contribution in [3.8, 4) is 5.75 Å². The molecule has 0 atom stereocenters. The van der Waals surface area contributed by atoms with Crippen LogP contribution in [-0.2, 0) is 19.4 Å². The number of hydrogen-bond donors (Lipinski definition) is 1. The highest BCUT2D eigenvalue weighted by Crippen LogP contribution is 2.15. The summed E-state index contributed by atoms with van der Waals surface area (Å²) >= 11 is 0. The van der Waals surface area contributed by atoms with Crippen molar-refractivity contribution in [2.75, 3.05) is 19.6 Å². The minimum atomic E-state index is -0.0383. The van der Waals surface area contributed by atoms with Gasteiger partial charge in [-0.1, -0.05) is 42.4 Å². The molecule has 0 spiro atoms. The van der Waals surface area contributed by atoms with Gasteiger partial charge in [0.1, 0.15) is 5.75 Å². The summed E-state index contributed by atoms with van der Waals surface area (Å²) in [7, 11) is 0. The first-order valence-electron chi connectivity index (χ1n) is 9.77. The number of carbonyl (C=O) groups is 1. The summed E-state index contributed by atoms with van der Waals surface area (Å²) in [5.74, 6) is 1.68. The number of aromatic nitrogens is 2. The van der Waals surface area contributed by atoms with Gasteiger partial charge in [0.25, 0.3) is 5.91 Å². The highest BCUT2D eigenvalue weighted by Gasteiger charge is 2.15. The number of ether oxygens (including phenoxy) is 1. The Kier molecular flexibility index (Phi) is 7.35. The zero-order chi connectivity index (χ0) is 20.5. The van der Waals surface area contributed by atoms with E-state index in [1.54, 1.807) is 29.2 Å². The summed E-state index contributed by atoms with van der Waals surface area (Å²) < 4.78 is 10.7. The first kappa shape index (κ1) is 20.5. The number of nitrogens with two attached hydrogens (primary N) is 1. The molecule has 1 amide bonds. The molecular weight excluding hydrogens is 368 g/mol. The SMILES string of the molecule is CCc1nc(COc2ccc(C(=O)N(CCN)CCc3ccccc3)cc2)no1. The zero-order valence-corrected chi connectivity index (χ0v) is 16.6. The fourth-order valence-electron chi connectivity index (χ4n) is 2.90. The molecule has 0 unspecified atom stereocenters. The van der Waals surface area contributed by atoms with Gasteiger partial charge in [-0.2, -0.15) is 4.98 Å². The minimum Gasteiger partial charge on any atom is -0.485 e. The van der Waals surface area contributed by atoms with Crippen molar-refractivity contribution in [2.45, 2.75) is 26.4 Å². The van der Waals surface area contributed by atoms with Crippen LogP contribution in [0.5, 0.6) is 5.75 Å². The van der Waals surface area contributed by atoms with Gasteiger partial charge in [0, 0.05) is 31.6 Å². The molecule has 0 aliphatic rings. The molecule has 0 saturated heterocycles. The van der Waals surface area contributed by atoms with E-state index in [0.717, 1.165) is 6.42 Å². The fourth-order valence-corrected chi connectivity index (χ4v) is 2.90. The molecule has 7 heteroatoms. The average Bonchev–Trinajstić information content (AvgIpc) is 3.24. The van der Waals surface area contributed by atoms with Crippen LogP contribution in [0.15, 0.2) is 59.1 Å². The van der Waals surface area contributed by atoms with E-state index >= 15 is 0 Å². The molecule has 1 aromatic heterocycles. The lowest BCUT2D eigenvalue weighted by atomic mass is 10.1. The lowest BCUT2D eigenvalue weighted by Gasteiger charge is -2.22. The smallest absolute Gasteiger partial charge is 0.253 e.